The maximum atomic E-state index is 12.0. The molecule has 0 saturated heterocycles. The third kappa shape index (κ3) is 2.55. The maximum absolute atomic E-state index is 12.0. The Bertz CT molecular complexity index is 415. The van der Waals surface area contributed by atoms with E-state index in [9.17, 15) is 4.79 Å². The smallest absolute Gasteiger partial charge is 0.253 e. The first-order chi connectivity index (χ1) is 7.58. The standard InChI is InChI=1S/C12H15BrN2O/c1-15(7-8-2-3-8)12(16)9-4-5-10(13)11(14)6-9/h4-6,8H,2-3,7,14H2,1H3. The molecule has 86 valence electrons. The second kappa shape index (κ2) is 4.45. The molecule has 0 unspecified atom stereocenters. The molecule has 0 heterocycles. The first-order valence-electron chi connectivity index (χ1n) is 5.38. The maximum Gasteiger partial charge on any atom is 0.253 e. The highest BCUT2D eigenvalue weighted by Crippen LogP contribution is 2.30. The number of rotatable bonds is 3. The van der Waals surface area contributed by atoms with Crippen LogP contribution in [0.4, 0.5) is 5.69 Å². The Labute approximate surface area is 104 Å². The summed E-state index contributed by atoms with van der Waals surface area (Å²) in [5.41, 5.74) is 7.01. The van der Waals surface area contributed by atoms with Crippen LogP contribution in [0.2, 0.25) is 0 Å². The largest absolute Gasteiger partial charge is 0.398 e. The topological polar surface area (TPSA) is 46.3 Å². The Morgan fingerprint density at radius 2 is 2.25 bits per heavy atom. The molecule has 2 N–H and O–H groups in total. The molecule has 0 aromatic heterocycles. The van der Waals surface area contributed by atoms with Crippen molar-refractivity contribution in [2.24, 2.45) is 5.92 Å². The summed E-state index contributed by atoms with van der Waals surface area (Å²) >= 11 is 3.32. The number of nitrogen functional groups attached to an aromatic ring is 1. The van der Waals surface area contributed by atoms with Crippen molar-refractivity contribution in [3.05, 3.63) is 28.2 Å². The number of halogens is 1. The second-order valence-corrected chi connectivity index (χ2v) is 5.22. The van der Waals surface area contributed by atoms with E-state index in [0.29, 0.717) is 17.2 Å². The lowest BCUT2D eigenvalue weighted by Gasteiger charge is -2.17. The first kappa shape index (κ1) is 11.5. The van der Waals surface area contributed by atoms with E-state index in [2.05, 4.69) is 15.9 Å². The van der Waals surface area contributed by atoms with Crippen LogP contribution in [0.1, 0.15) is 23.2 Å². The average Bonchev–Trinajstić information content (AvgIpc) is 3.05. The highest BCUT2D eigenvalue weighted by atomic mass is 79.9. The van der Waals surface area contributed by atoms with Crippen molar-refractivity contribution in [3.8, 4) is 0 Å². The van der Waals surface area contributed by atoms with Crippen LogP contribution in [0, 0.1) is 5.92 Å². The predicted octanol–water partition coefficient (Wildman–Crippen LogP) is 2.51. The molecule has 1 fully saturated rings. The SMILES string of the molecule is CN(CC1CC1)C(=O)c1ccc(Br)c(N)c1. The lowest BCUT2D eigenvalue weighted by molar-refractivity contribution is 0.0788. The fourth-order valence-electron chi connectivity index (χ4n) is 1.67. The van der Waals surface area contributed by atoms with Crippen LogP contribution in [0.25, 0.3) is 0 Å². The van der Waals surface area contributed by atoms with Gasteiger partial charge < -0.3 is 10.6 Å². The Kier molecular flexibility index (Phi) is 3.19. The van der Waals surface area contributed by atoms with Gasteiger partial charge in [-0.15, -0.1) is 0 Å². The summed E-state index contributed by atoms with van der Waals surface area (Å²) in [5.74, 6) is 0.757. The van der Waals surface area contributed by atoms with Gasteiger partial charge in [0.05, 0.1) is 0 Å². The van der Waals surface area contributed by atoms with Crippen molar-refractivity contribution in [3.63, 3.8) is 0 Å². The molecule has 1 saturated carbocycles. The summed E-state index contributed by atoms with van der Waals surface area (Å²) in [4.78, 5) is 13.8. The van der Waals surface area contributed by atoms with E-state index < -0.39 is 0 Å². The zero-order valence-electron chi connectivity index (χ0n) is 9.24. The first-order valence-corrected chi connectivity index (χ1v) is 6.17. The minimum Gasteiger partial charge on any atom is -0.398 e. The van der Waals surface area contributed by atoms with Crippen molar-refractivity contribution >= 4 is 27.5 Å². The molecule has 0 atom stereocenters. The zero-order chi connectivity index (χ0) is 11.7. The van der Waals surface area contributed by atoms with Gasteiger partial charge in [-0.1, -0.05) is 0 Å². The molecule has 0 aliphatic heterocycles. The highest BCUT2D eigenvalue weighted by molar-refractivity contribution is 9.10. The minimum absolute atomic E-state index is 0.0473. The predicted molar refractivity (Wildman–Crippen MR) is 68.2 cm³/mol. The molecule has 1 aromatic carbocycles. The van der Waals surface area contributed by atoms with Gasteiger partial charge in [0.1, 0.15) is 0 Å². The quantitative estimate of drug-likeness (QED) is 0.866. The summed E-state index contributed by atoms with van der Waals surface area (Å²) in [6.07, 6.45) is 2.50. The second-order valence-electron chi connectivity index (χ2n) is 4.37. The van der Waals surface area contributed by atoms with Crippen LogP contribution in [-0.2, 0) is 0 Å². The van der Waals surface area contributed by atoms with E-state index in [1.807, 2.05) is 13.1 Å². The molecule has 16 heavy (non-hydrogen) atoms. The van der Waals surface area contributed by atoms with Gasteiger partial charge in [-0.3, -0.25) is 4.79 Å². The number of carbonyl (C=O) groups is 1. The van der Waals surface area contributed by atoms with E-state index in [1.165, 1.54) is 12.8 Å². The van der Waals surface area contributed by atoms with E-state index in [4.69, 9.17) is 5.73 Å². The third-order valence-corrected chi connectivity index (χ3v) is 3.54. The number of amides is 1. The number of benzene rings is 1. The van der Waals surface area contributed by atoms with Gasteiger partial charge >= 0.3 is 0 Å². The summed E-state index contributed by atoms with van der Waals surface area (Å²) in [7, 11) is 1.85. The van der Waals surface area contributed by atoms with Crippen molar-refractivity contribution in [2.75, 3.05) is 19.3 Å². The summed E-state index contributed by atoms with van der Waals surface area (Å²) in [6, 6.07) is 5.33. The van der Waals surface area contributed by atoms with E-state index in [0.717, 1.165) is 11.0 Å². The van der Waals surface area contributed by atoms with Gasteiger partial charge in [-0.25, -0.2) is 0 Å². The minimum atomic E-state index is 0.0473. The van der Waals surface area contributed by atoms with Crippen LogP contribution in [0.5, 0.6) is 0 Å². The molecule has 1 aromatic rings. The molecule has 3 nitrogen and oxygen atoms in total. The van der Waals surface area contributed by atoms with Crippen molar-refractivity contribution in [1.82, 2.24) is 4.90 Å². The molecule has 0 radical (unpaired) electrons. The van der Waals surface area contributed by atoms with E-state index in [1.54, 1.807) is 17.0 Å². The number of carbonyl (C=O) groups excluding carboxylic acids is 1. The molecular formula is C12H15BrN2O. The van der Waals surface area contributed by atoms with Crippen molar-refractivity contribution in [1.29, 1.82) is 0 Å². The number of hydrogen-bond donors (Lipinski definition) is 1. The molecule has 0 bridgehead atoms. The van der Waals surface area contributed by atoms with Gasteiger partial charge in [0.25, 0.3) is 5.91 Å². The molecule has 2 rings (SSSR count). The van der Waals surface area contributed by atoms with Gasteiger partial charge in [-0.05, 0) is 52.9 Å². The average molecular weight is 283 g/mol. The fraction of sp³-hybridized carbons (Fsp3) is 0.417. The zero-order valence-corrected chi connectivity index (χ0v) is 10.8. The lowest BCUT2D eigenvalue weighted by Crippen LogP contribution is -2.28. The molecule has 1 aliphatic rings. The molecular weight excluding hydrogens is 268 g/mol. The molecule has 4 heteroatoms. The van der Waals surface area contributed by atoms with Gasteiger partial charge in [0, 0.05) is 29.3 Å². The van der Waals surface area contributed by atoms with E-state index >= 15 is 0 Å². The number of anilines is 1. The molecule has 0 spiro atoms. The van der Waals surface area contributed by atoms with Crippen LogP contribution >= 0.6 is 15.9 Å². The monoisotopic (exact) mass is 282 g/mol. The van der Waals surface area contributed by atoms with Gasteiger partial charge in [0.2, 0.25) is 0 Å². The third-order valence-electron chi connectivity index (χ3n) is 2.82. The number of nitrogens with zero attached hydrogens (tertiary/aromatic N) is 1. The van der Waals surface area contributed by atoms with Crippen LogP contribution in [0.3, 0.4) is 0 Å². The van der Waals surface area contributed by atoms with Crippen LogP contribution in [0.15, 0.2) is 22.7 Å². The Morgan fingerprint density at radius 3 is 2.81 bits per heavy atom. The van der Waals surface area contributed by atoms with Crippen LogP contribution in [-0.4, -0.2) is 24.4 Å². The number of hydrogen-bond acceptors (Lipinski definition) is 2. The van der Waals surface area contributed by atoms with Crippen molar-refractivity contribution < 1.29 is 4.79 Å². The normalized spacial score (nSPS) is 14.9. The Balaban J connectivity index is 2.09. The fourth-order valence-corrected chi connectivity index (χ4v) is 1.91. The summed E-state index contributed by atoms with van der Waals surface area (Å²) in [5, 5.41) is 0. The Hall–Kier alpha value is -1.03. The lowest BCUT2D eigenvalue weighted by atomic mass is 10.2. The highest BCUT2D eigenvalue weighted by Gasteiger charge is 2.25. The molecule has 1 amide bonds. The number of nitrogens with two attached hydrogens (primary N) is 1. The van der Waals surface area contributed by atoms with Crippen molar-refractivity contribution in [2.45, 2.75) is 12.8 Å². The Morgan fingerprint density at radius 1 is 1.56 bits per heavy atom. The summed E-state index contributed by atoms with van der Waals surface area (Å²) in [6.45, 7) is 0.856. The van der Waals surface area contributed by atoms with Crippen LogP contribution < -0.4 is 5.73 Å². The summed E-state index contributed by atoms with van der Waals surface area (Å²) < 4.78 is 0.828. The van der Waals surface area contributed by atoms with Gasteiger partial charge in [0.15, 0.2) is 0 Å². The van der Waals surface area contributed by atoms with E-state index in [-0.39, 0.29) is 5.91 Å². The van der Waals surface area contributed by atoms with Gasteiger partial charge in [-0.2, -0.15) is 0 Å². The molecule has 1 aliphatic carbocycles.